The van der Waals surface area contributed by atoms with E-state index in [1.165, 1.54) is 6.42 Å². The van der Waals surface area contributed by atoms with Crippen LogP contribution in [0, 0.1) is 17.8 Å². The predicted octanol–water partition coefficient (Wildman–Crippen LogP) is 4.34. The molecule has 1 aromatic carbocycles. The van der Waals surface area contributed by atoms with E-state index in [4.69, 9.17) is 0 Å². The average molecular weight is 412 g/mol. The molecule has 2 amide bonds. The lowest BCUT2D eigenvalue weighted by molar-refractivity contribution is -0.128. The van der Waals surface area contributed by atoms with Gasteiger partial charge in [-0.3, -0.25) is 9.59 Å². The Kier molecular flexibility index (Phi) is 6.60. The van der Waals surface area contributed by atoms with E-state index in [2.05, 4.69) is 15.6 Å². The van der Waals surface area contributed by atoms with Gasteiger partial charge in [0.1, 0.15) is 5.01 Å². The topological polar surface area (TPSA) is 71.1 Å². The van der Waals surface area contributed by atoms with Crippen LogP contribution in [0.15, 0.2) is 41.9 Å². The van der Waals surface area contributed by atoms with Crippen molar-refractivity contribution in [3.8, 4) is 0 Å². The van der Waals surface area contributed by atoms with Gasteiger partial charge in [0.25, 0.3) is 5.91 Å². The summed E-state index contributed by atoms with van der Waals surface area (Å²) in [5.41, 5.74) is 0.712. The number of amides is 2. The first kappa shape index (κ1) is 20.1. The number of hydrogen-bond donors (Lipinski definition) is 2. The first-order valence-electron chi connectivity index (χ1n) is 10.7. The Morgan fingerprint density at radius 1 is 1.07 bits per heavy atom. The van der Waals surface area contributed by atoms with E-state index in [0.717, 1.165) is 50.1 Å². The molecule has 2 saturated carbocycles. The van der Waals surface area contributed by atoms with Gasteiger partial charge in [-0.15, -0.1) is 11.3 Å². The van der Waals surface area contributed by atoms with Crippen LogP contribution in [0.25, 0.3) is 0 Å². The van der Waals surface area contributed by atoms with Gasteiger partial charge in [0.05, 0.1) is 6.04 Å². The lowest BCUT2D eigenvalue weighted by Crippen LogP contribution is -2.41. The lowest BCUT2D eigenvalue weighted by Gasteiger charge is -2.35. The summed E-state index contributed by atoms with van der Waals surface area (Å²) in [5, 5.41) is 9.42. The number of hydrogen-bond acceptors (Lipinski definition) is 4. The number of rotatable bonds is 7. The predicted molar refractivity (Wildman–Crippen MR) is 115 cm³/mol. The van der Waals surface area contributed by atoms with Crippen LogP contribution in [0.2, 0.25) is 0 Å². The van der Waals surface area contributed by atoms with Gasteiger partial charge in [0.15, 0.2) is 0 Å². The maximum Gasteiger partial charge on any atom is 0.251 e. The average Bonchev–Trinajstić information content (AvgIpc) is 3.24. The number of aromatic nitrogens is 1. The van der Waals surface area contributed by atoms with E-state index in [9.17, 15) is 9.59 Å². The largest absolute Gasteiger partial charge is 0.352 e. The zero-order chi connectivity index (χ0) is 20.1. The molecule has 4 rings (SSSR count). The molecule has 2 fully saturated rings. The van der Waals surface area contributed by atoms with E-state index in [-0.39, 0.29) is 23.8 Å². The van der Waals surface area contributed by atoms with E-state index in [0.29, 0.717) is 17.4 Å². The Labute approximate surface area is 176 Å². The van der Waals surface area contributed by atoms with Crippen molar-refractivity contribution in [1.29, 1.82) is 0 Å². The molecule has 0 spiro atoms. The third kappa shape index (κ3) is 5.04. The molecular formula is C23H29N3O2S. The highest BCUT2D eigenvalue weighted by Crippen LogP contribution is 2.38. The summed E-state index contributed by atoms with van der Waals surface area (Å²) in [6, 6.07) is 9.41. The second kappa shape index (κ2) is 9.53. The minimum atomic E-state index is 0.00106. The maximum atomic E-state index is 12.6. The zero-order valence-electron chi connectivity index (χ0n) is 16.7. The van der Waals surface area contributed by atoms with E-state index in [1.807, 2.05) is 41.9 Å². The molecule has 0 aliphatic heterocycles. The Morgan fingerprint density at radius 2 is 1.83 bits per heavy atom. The summed E-state index contributed by atoms with van der Waals surface area (Å²) in [6.07, 6.45) is 9.28. The maximum absolute atomic E-state index is 12.6. The highest BCUT2D eigenvalue weighted by atomic mass is 32.1. The Morgan fingerprint density at radius 3 is 2.45 bits per heavy atom. The molecular weight excluding hydrogens is 382 g/mol. The number of nitrogens with one attached hydrogen (secondary N) is 2. The van der Waals surface area contributed by atoms with Gasteiger partial charge in [0.2, 0.25) is 5.91 Å². The van der Waals surface area contributed by atoms with Gasteiger partial charge in [-0.05, 0) is 62.5 Å². The molecule has 1 aromatic heterocycles. The third-order valence-electron chi connectivity index (χ3n) is 6.44. The fourth-order valence-corrected chi connectivity index (χ4v) is 5.15. The van der Waals surface area contributed by atoms with Crippen molar-refractivity contribution in [3.63, 3.8) is 0 Å². The number of nitrogens with zero attached hydrogens (tertiary/aromatic N) is 1. The molecule has 0 unspecified atom stereocenters. The van der Waals surface area contributed by atoms with Crippen LogP contribution in [0.3, 0.4) is 0 Å². The molecule has 2 N–H and O–H groups in total. The van der Waals surface area contributed by atoms with Gasteiger partial charge in [-0.2, -0.15) is 0 Å². The molecule has 0 radical (unpaired) electrons. The Hall–Kier alpha value is -2.21. The van der Waals surface area contributed by atoms with E-state index < -0.39 is 0 Å². The van der Waals surface area contributed by atoms with Crippen molar-refractivity contribution in [2.75, 3.05) is 6.54 Å². The van der Waals surface area contributed by atoms with Crippen LogP contribution >= 0.6 is 11.3 Å². The van der Waals surface area contributed by atoms with Crippen LogP contribution in [-0.2, 0) is 4.79 Å². The van der Waals surface area contributed by atoms with E-state index in [1.54, 1.807) is 11.3 Å². The minimum Gasteiger partial charge on any atom is -0.352 e. The summed E-state index contributed by atoms with van der Waals surface area (Å²) < 4.78 is 0. The van der Waals surface area contributed by atoms with Crippen molar-refractivity contribution in [1.82, 2.24) is 15.6 Å². The highest BCUT2D eigenvalue weighted by molar-refractivity contribution is 7.09. The molecule has 2 aliphatic rings. The van der Waals surface area contributed by atoms with Crippen molar-refractivity contribution in [2.45, 2.75) is 51.0 Å². The summed E-state index contributed by atoms with van der Waals surface area (Å²) in [5.74, 6) is 1.32. The van der Waals surface area contributed by atoms with Crippen molar-refractivity contribution in [3.05, 3.63) is 52.5 Å². The van der Waals surface area contributed by atoms with Crippen molar-refractivity contribution >= 4 is 23.2 Å². The molecule has 0 bridgehead atoms. The van der Waals surface area contributed by atoms with Gasteiger partial charge >= 0.3 is 0 Å². The summed E-state index contributed by atoms with van der Waals surface area (Å²) in [7, 11) is 0. The number of carbonyl (C=O) groups excluding carboxylic acids is 2. The standard InChI is InChI=1S/C23H29N3O2S/c27-21(18-5-2-1-3-6-18)25-15-16-9-11-17(12-10-16)20(23-24-13-14-29-23)26-22(28)19-7-4-8-19/h1-3,5-6,13-14,16-17,19-20H,4,7-12,15H2,(H,25,27)(H,26,28)/t16?,17?,20-/m1/s1. The normalized spacial score (nSPS) is 23.0. The Bertz CT molecular complexity index is 797. The monoisotopic (exact) mass is 411 g/mol. The number of thiazole rings is 1. The molecule has 2 aromatic rings. The van der Waals surface area contributed by atoms with Crippen molar-refractivity contribution in [2.24, 2.45) is 17.8 Å². The highest BCUT2D eigenvalue weighted by Gasteiger charge is 2.34. The smallest absolute Gasteiger partial charge is 0.251 e. The summed E-state index contributed by atoms with van der Waals surface area (Å²) >= 11 is 1.63. The molecule has 6 heteroatoms. The second-order valence-corrected chi connectivity index (χ2v) is 9.27. The lowest BCUT2D eigenvalue weighted by atomic mass is 9.78. The molecule has 2 aliphatic carbocycles. The zero-order valence-corrected chi connectivity index (χ0v) is 17.5. The Balaban J connectivity index is 1.29. The van der Waals surface area contributed by atoms with Gasteiger partial charge in [-0.25, -0.2) is 4.98 Å². The van der Waals surface area contributed by atoms with Crippen LogP contribution in [0.1, 0.15) is 66.4 Å². The van der Waals surface area contributed by atoms with Crippen LogP contribution in [0.4, 0.5) is 0 Å². The summed E-state index contributed by atoms with van der Waals surface area (Å²) in [4.78, 5) is 29.3. The second-order valence-electron chi connectivity index (χ2n) is 8.34. The van der Waals surface area contributed by atoms with Gasteiger partial charge in [0, 0.05) is 29.6 Å². The molecule has 1 atom stereocenters. The van der Waals surface area contributed by atoms with Gasteiger partial charge in [-0.1, -0.05) is 24.6 Å². The number of benzene rings is 1. The molecule has 5 nitrogen and oxygen atoms in total. The van der Waals surface area contributed by atoms with Crippen LogP contribution in [-0.4, -0.2) is 23.3 Å². The molecule has 154 valence electrons. The summed E-state index contributed by atoms with van der Waals surface area (Å²) in [6.45, 7) is 0.719. The third-order valence-corrected chi connectivity index (χ3v) is 7.30. The van der Waals surface area contributed by atoms with Gasteiger partial charge < -0.3 is 10.6 Å². The quantitative estimate of drug-likeness (QED) is 0.712. The first-order valence-corrected chi connectivity index (χ1v) is 11.6. The first-order chi connectivity index (χ1) is 14.2. The number of carbonyl (C=O) groups is 2. The fraction of sp³-hybridized carbons (Fsp3) is 0.522. The van der Waals surface area contributed by atoms with E-state index >= 15 is 0 Å². The SMILES string of the molecule is O=C(NCC1CCC([C@@H](NC(=O)C2CCC2)c2nccs2)CC1)c1ccccc1. The molecule has 1 heterocycles. The molecule has 29 heavy (non-hydrogen) atoms. The minimum absolute atomic E-state index is 0.00106. The van der Waals surface area contributed by atoms with Crippen molar-refractivity contribution < 1.29 is 9.59 Å². The van der Waals surface area contributed by atoms with Crippen LogP contribution in [0.5, 0.6) is 0 Å². The van der Waals surface area contributed by atoms with Crippen LogP contribution < -0.4 is 10.6 Å². The fourth-order valence-electron chi connectivity index (χ4n) is 4.37. The molecule has 0 saturated heterocycles.